The van der Waals surface area contributed by atoms with Crippen molar-refractivity contribution in [2.24, 2.45) is 0 Å². The number of nitro benzene ring substituents is 1. The number of rotatable bonds is 6. The zero-order valence-corrected chi connectivity index (χ0v) is 13.7. The third-order valence-electron chi connectivity index (χ3n) is 4.13. The van der Waals surface area contributed by atoms with E-state index >= 15 is 0 Å². The van der Waals surface area contributed by atoms with Gasteiger partial charge < -0.3 is 4.90 Å². The Balaban J connectivity index is 1.74. The molecular formula is C18H19N3O4. The first-order valence-corrected chi connectivity index (χ1v) is 8.14. The highest BCUT2D eigenvalue weighted by atomic mass is 16.7. The number of nitrogens with one attached hydrogen (secondary N) is 1. The number of hydrogen-bond acceptors (Lipinski definition) is 5. The number of hydrogen-bond donors (Lipinski definition) is 1. The zero-order valence-electron chi connectivity index (χ0n) is 13.7. The number of benzene rings is 2. The van der Waals surface area contributed by atoms with Crippen LogP contribution in [0, 0.1) is 10.1 Å². The minimum atomic E-state index is -0.505. The Morgan fingerprint density at radius 1 is 1.16 bits per heavy atom. The highest BCUT2D eigenvalue weighted by Gasteiger charge is 2.22. The van der Waals surface area contributed by atoms with Crippen molar-refractivity contribution < 1.29 is 14.6 Å². The fourth-order valence-electron chi connectivity index (χ4n) is 2.87. The van der Waals surface area contributed by atoms with Gasteiger partial charge in [0.25, 0.3) is 11.6 Å². The van der Waals surface area contributed by atoms with Crippen LogP contribution in [0.4, 0.5) is 11.4 Å². The van der Waals surface area contributed by atoms with Gasteiger partial charge >= 0.3 is 0 Å². The van der Waals surface area contributed by atoms with Crippen LogP contribution in [-0.4, -0.2) is 23.9 Å². The first-order valence-electron chi connectivity index (χ1n) is 8.14. The molecule has 1 fully saturated rings. The number of non-ortho nitro benzene ring substituents is 1. The fourth-order valence-corrected chi connectivity index (χ4v) is 2.87. The lowest BCUT2D eigenvalue weighted by molar-refractivity contribution is -0.384. The third kappa shape index (κ3) is 4.13. The minimum absolute atomic E-state index is 0.115. The van der Waals surface area contributed by atoms with Gasteiger partial charge in [-0.15, -0.1) is 0 Å². The van der Waals surface area contributed by atoms with Crippen LogP contribution in [0.15, 0.2) is 48.5 Å². The highest BCUT2D eigenvalue weighted by Crippen LogP contribution is 2.28. The van der Waals surface area contributed by atoms with Crippen LogP contribution in [0.2, 0.25) is 0 Å². The maximum absolute atomic E-state index is 12.5. The van der Waals surface area contributed by atoms with Gasteiger partial charge in [0, 0.05) is 25.2 Å². The second-order valence-electron chi connectivity index (χ2n) is 5.86. The summed E-state index contributed by atoms with van der Waals surface area (Å²) in [6.45, 7) is 1.90. The van der Waals surface area contributed by atoms with E-state index in [1.54, 1.807) is 6.07 Å². The van der Waals surface area contributed by atoms with E-state index < -0.39 is 10.8 Å². The van der Waals surface area contributed by atoms with Gasteiger partial charge in [0.05, 0.1) is 22.8 Å². The van der Waals surface area contributed by atoms with E-state index in [0.29, 0.717) is 5.69 Å². The van der Waals surface area contributed by atoms with Crippen molar-refractivity contribution >= 4 is 17.3 Å². The summed E-state index contributed by atoms with van der Waals surface area (Å²) < 4.78 is 0. The quantitative estimate of drug-likeness (QED) is 0.645. The average molecular weight is 341 g/mol. The molecule has 0 bridgehead atoms. The van der Waals surface area contributed by atoms with Gasteiger partial charge in [-0.1, -0.05) is 30.3 Å². The molecule has 1 aliphatic rings. The lowest BCUT2D eigenvalue weighted by Crippen LogP contribution is -2.27. The van der Waals surface area contributed by atoms with Crippen LogP contribution >= 0.6 is 0 Å². The van der Waals surface area contributed by atoms with Crippen molar-refractivity contribution in [2.75, 3.05) is 18.0 Å². The van der Waals surface area contributed by atoms with E-state index in [-0.39, 0.29) is 17.9 Å². The topological polar surface area (TPSA) is 84.7 Å². The monoisotopic (exact) mass is 341 g/mol. The molecule has 25 heavy (non-hydrogen) atoms. The van der Waals surface area contributed by atoms with Crippen LogP contribution in [0.3, 0.4) is 0 Å². The second-order valence-corrected chi connectivity index (χ2v) is 5.86. The summed E-state index contributed by atoms with van der Waals surface area (Å²) in [5.74, 6) is -0.485. The Morgan fingerprint density at radius 3 is 2.56 bits per heavy atom. The molecule has 0 atom stereocenters. The molecule has 2 aromatic carbocycles. The molecule has 2 aromatic rings. The van der Waals surface area contributed by atoms with E-state index in [1.165, 1.54) is 12.1 Å². The first kappa shape index (κ1) is 16.9. The number of amides is 1. The smallest absolute Gasteiger partial charge is 0.277 e. The molecule has 7 heteroatoms. The predicted molar refractivity (Wildman–Crippen MR) is 93.2 cm³/mol. The van der Waals surface area contributed by atoms with Gasteiger partial charge in [-0.25, -0.2) is 5.48 Å². The van der Waals surface area contributed by atoms with Gasteiger partial charge in [0.1, 0.15) is 0 Å². The Labute approximate surface area is 145 Å². The standard InChI is InChI=1S/C18H19N3O4/c22-18(19-25-13-14-6-2-1-3-7-14)16-12-15(21(23)24)8-9-17(16)20-10-4-5-11-20/h1-3,6-9,12H,4-5,10-11,13H2,(H,19,22). The van der Waals surface area contributed by atoms with E-state index in [1.807, 2.05) is 30.3 Å². The summed E-state index contributed by atoms with van der Waals surface area (Å²) in [5, 5.41) is 11.0. The number of nitro groups is 1. The van der Waals surface area contributed by atoms with Crippen molar-refractivity contribution in [2.45, 2.75) is 19.4 Å². The van der Waals surface area contributed by atoms with Crippen molar-refractivity contribution in [1.29, 1.82) is 0 Å². The highest BCUT2D eigenvalue weighted by molar-refractivity contribution is 6.00. The van der Waals surface area contributed by atoms with Crippen LogP contribution in [0.1, 0.15) is 28.8 Å². The summed E-state index contributed by atoms with van der Waals surface area (Å²) in [6, 6.07) is 13.8. The summed E-state index contributed by atoms with van der Waals surface area (Å²) in [7, 11) is 0. The summed E-state index contributed by atoms with van der Waals surface area (Å²) in [4.78, 5) is 30.4. The van der Waals surface area contributed by atoms with Gasteiger partial charge in [0.2, 0.25) is 0 Å². The Hall–Kier alpha value is -2.93. The van der Waals surface area contributed by atoms with Crippen LogP contribution in [0.25, 0.3) is 0 Å². The van der Waals surface area contributed by atoms with E-state index in [4.69, 9.17) is 4.84 Å². The van der Waals surface area contributed by atoms with Crippen LogP contribution in [0.5, 0.6) is 0 Å². The molecule has 7 nitrogen and oxygen atoms in total. The maximum Gasteiger partial charge on any atom is 0.277 e. The third-order valence-corrected chi connectivity index (χ3v) is 4.13. The molecule has 3 rings (SSSR count). The van der Waals surface area contributed by atoms with Crippen LogP contribution < -0.4 is 10.4 Å². The molecular weight excluding hydrogens is 322 g/mol. The Bertz CT molecular complexity index is 758. The summed E-state index contributed by atoms with van der Waals surface area (Å²) >= 11 is 0. The number of anilines is 1. The SMILES string of the molecule is O=C(NOCc1ccccc1)c1cc([N+](=O)[O-])ccc1N1CCCC1. The summed E-state index contributed by atoms with van der Waals surface area (Å²) in [5.41, 5.74) is 4.14. The second kappa shape index (κ2) is 7.76. The molecule has 1 amide bonds. The lowest BCUT2D eigenvalue weighted by Gasteiger charge is -2.20. The molecule has 1 heterocycles. The lowest BCUT2D eigenvalue weighted by atomic mass is 10.1. The average Bonchev–Trinajstić information content (AvgIpc) is 3.16. The Kier molecular flexibility index (Phi) is 5.25. The first-order chi connectivity index (χ1) is 12.1. The molecule has 0 radical (unpaired) electrons. The van der Waals surface area contributed by atoms with E-state index in [0.717, 1.165) is 31.5 Å². The molecule has 0 aromatic heterocycles. The molecule has 0 aliphatic carbocycles. The molecule has 1 N–H and O–H groups in total. The number of carbonyl (C=O) groups excluding carboxylic acids is 1. The van der Waals surface area contributed by atoms with Crippen molar-refractivity contribution in [1.82, 2.24) is 5.48 Å². The molecule has 1 aliphatic heterocycles. The minimum Gasteiger partial charge on any atom is -0.371 e. The number of nitrogens with zero attached hydrogens (tertiary/aromatic N) is 2. The molecule has 0 unspecified atom stereocenters. The van der Waals surface area contributed by atoms with Gasteiger partial charge in [0.15, 0.2) is 0 Å². The molecule has 1 saturated heterocycles. The van der Waals surface area contributed by atoms with Crippen molar-refractivity contribution in [3.63, 3.8) is 0 Å². The largest absolute Gasteiger partial charge is 0.371 e. The number of hydroxylamine groups is 1. The van der Waals surface area contributed by atoms with Crippen molar-refractivity contribution in [3.8, 4) is 0 Å². The maximum atomic E-state index is 12.5. The normalized spacial score (nSPS) is 13.7. The Morgan fingerprint density at radius 2 is 1.88 bits per heavy atom. The molecule has 130 valence electrons. The fraction of sp³-hybridized carbons (Fsp3) is 0.278. The zero-order chi connectivity index (χ0) is 17.6. The van der Waals surface area contributed by atoms with Gasteiger partial charge in [-0.05, 0) is 24.5 Å². The summed E-state index contributed by atoms with van der Waals surface area (Å²) in [6.07, 6.45) is 2.09. The molecule has 0 saturated carbocycles. The predicted octanol–water partition coefficient (Wildman–Crippen LogP) is 3.06. The van der Waals surface area contributed by atoms with Gasteiger partial charge in [-0.2, -0.15) is 0 Å². The van der Waals surface area contributed by atoms with Gasteiger partial charge in [-0.3, -0.25) is 19.7 Å². The van der Waals surface area contributed by atoms with Crippen LogP contribution in [-0.2, 0) is 11.4 Å². The van der Waals surface area contributed by atoms with Crippen molar-refractivity contribution in [3.05, 3.63) is 69.8 Å². The van der Waals surface area contributed by atoms with E-state index in [2.05, 4.69) is 10.4 Å². The van der Waals surface area contributed by atoms with E-state index in [9.17, 15) is 14.9 Å². The molecule has 0 spiro atoms. The number of carbonyl (C=O) groups is 1.